The Labute approximate surface area is 177 Å². The number of fused-ring (bicyclic) bond motifs is 1. The third-order valence-electron chi connectivity index (χ3n) is 5.83. The number of rotatable bonds is 3. The lowest BCUT2D eigenvalue weighted by Crippen LogP contribution is -2.53. The first-order valence-corrected chi connectivity index (χ1v) is 9.93. The van der Waals surface area contributed by atoms with Gasteiger partial charge in [-0.25, -0.2) is 0 Å². The van der Waals surface area contributed by atoms with Gasteiger partial charge in [0, 0.05) is 24.0 Å². The van der Waals surface area contributed by atoms with Gasteiger partial charge in [-0.15, -0.1) is 0 Å². The topological polar surface area (TPSA) is 150 Å². The van der Waals surface area contributed by atoms with E-state index < -0.39 is 35.8 Å². The van der Waals surface area contributed by atoms with Crippen LogP contribution in [0.1, 0.15) is 37.7 Å². The molecule has 0 amide bonds. The minimum atomic E-state index is -1.31. The fraction of sp³-hybridized carbons (Fsp3) is 0.409. The summed E-state index contributed by atoms with van der Waals surface area (Å²) in [6, 6.07) is 5.69. The Balaban J connectivity index is 1.70. The lowest BCUT2D eigenvalue weighted by atomic mass is 9.91. The second kappa shape index (κ2) is 8.01. The van der Waals surface area contributed by atoms with E-state index in [2.05, 4.69) is 0 Å². The fourth-order valence-electron chi connectivity index (χ4n) is 3.78. The molecule has 1 saturated heterocycles. The summed E-state index contributed by atoms with van der Waals surface area (Å²) in [6.45, 7) is 3.50. The van der Waals surface area contributed by atoms with Crippen molar-refractivity contribution < 1.29 is 39.4 Å². The van der Waals surface area contributed by atoms with Gasteiger partial charge in [0.1, 0.15) is 23.4 Å². The molecule has 1 aromatic heterocycles. The van der Waals surface area contributed by atoms with E-state index in [4.69, 9.17) is 13.9 Å². The van der Waals surface area contributed by atoms with E-state index in [1.54, 1.807) is 13.8 Å². The van der Waals surface area contributed by atoms with Crippen LogP contribution < -0.4 is 5.43 Å². The Hall–Kier alpha value is -2.85. The Kier molecular flexibility index (Phi) is 5.52. The third kappa shape index (κ3) is 3.81. The van der Waals surface area contributed by atoms with E-state index in [-0.39, 0.29) is 47.0 Å². The standard InChI is InChI=1S/C22H24O9/c1-9-10(2)29-22(20(28)17(9)25)30-13-7-14(24)16-15(8-13)31-21(19(27)18(16)26)11-3-5-12(23)6-4-11/h3-6,8-10,14,17,20,22-25,27-28H,7H2,1-2H3/t9-,10+,14+,17+,20+,22+/m0/s1. The van der Waals surface area contributed by atoms with Gasteiger partial charge in [0.05, 0.1) is 23.9 Å². The summed E-state index contributed by atoms with van der Waals surface area (Å²) < 4.78 is 17.1. The molecule has 166 valence electrons. The number of benzene rings is 1. The summed E-state index contributed by atoms with van der Waals surface area (Å²) in [6.07, 6.45) is -3.92. The molecular formula is C22H24O9. The van der Waals surface area contributed by atoms with Gasteiger partial charge >= 0.3 is 0 Å². The zero-order valence-electron chi connectivity index (χ0n) is 16.9. The molecule has 0 saturated carbocycles. The molecule has 0 unspecified atom stereocenters. The molecule has 0 radical (unpaired) electrons. The van der Waals surface area contributed by atoms with Gasteiger partial charge in [0.15, 0.2) is 5.76 Å². The number of phenolic OH excluding ortho intramolecular Hbond substituents is 1. The van der Waals surface area contributed by atoms with Crippen LogP contribution in [0.2, 0.25) is 0 Å². The zero-order chi connectivity index (χ0) is 22.4. The molecule has 31 heavy (non-hydrogen) atoms. The van der Waals surface area contributed by atoms with Crippen molar-refractivity contribution in [2.75, 3.05) is 0 Å². The number of phenols is 1. The lowest BCUT2D eigenvalue weighted by molar-refractivity contribution is -0.269. The van der Waals surface area contributed by atoms with E-state index in [9.17, 15) is 30.3 Å². The van der Waals surface area contributed by atoms with Crippen LogP contribution in [0, 0.1) is 5.92 Å². The molecule has 0 spiro atoms. The molecule has 6 atom stereocenters. The van der Waals surface area contributed by atoms with Crippen molar-refractivity contribution >= 4 is 6.08 Å². The number of aliphatic hydroxyl groups is 3. The van der Waals surface area contributed by atoms with Crippen molar-refractivity contribution in [1.29, 1.82) is 0 Å². The maximum atomic E-state index is 12.7. The Morgan fingerprint density at radius 2 is 1.71 bits per heavy atom. The largest absolute Gasteiger partial charge is 0.508 e. The summed E-state index contributed by atoms with van der Waals surface area (Å²) in [7, 11) is 0. The highest BCUT2D eigenvalue weighted by Gasteiger charge is 2.42. The molecule has 1 aliphatic heterocycles. The summed E-state index contributed by atoms with van der Waals surface area (Å²) in [4.78, 5) is 12.7. The number of aromatic hydroxyl groups is 2. The quantitative estimate of drug-likeness (QED) is 0.487. The Morgan fingerprint density at radius 1 is 1.03 bits per heavy atom. The van der Waals surface area contributed by atoms with E-state index in [0.717, 1.165) is 0 Å². The highest BCUT2D eigenvalue weighted by molar-refractivity contribution is 5.67. The first-order chi connectivity index (χ1) is 14.7. The summed E-state index contributed by atoms with van der Waals surface area (Å²) in [5, 5.41) is 50.8. The predicted molar refractivity (Wildman–Crippen MR) is 108 cm³/mol. The number of hydrogen-bond acceptors (Lipinski definition) is 9. The van der Waals surface area contributed by atoms with Crippen LogP contribution in [0.4, 0.5) is 0 Å². The van der Waals surface area contributed by atoms with Crippen LogP contribution >= 0.6 is 0 Å². The molecular weight excluding hydrogens is 408 g/mol. The highest BCUT2D eigenvalue weighted by Crippen LogP contribution is 2.38. The molecule has 9 heteroatoms. The molecule has 1 aromatic carbocycles. The summed E-state index contributed by atoms with van der Waals surface area (Å²) in [5.74, 6) is -0.893. The molecule has 4 rings (SSSR count). The maximum absolute atomic E-state index is 12.7. The van der Waals surface area contributed by atoms with Gasteiger partial charge in [0.2, 0.25) is 17.5 Å². The van der Waals surface area contributed by atoms with Gasteiger partial charge in [0.25, 0.3) is 0 Å². The SMILES string of the molecule is C[C@@H]1[C@@H](O)[C@@H](O)[C@@H](OC2=Cc3oc(-c4ccc(O)cc4)c(O)c(=O)c3[C@H](O)C2)O[C@@H]1C. The Morgan fingerprint density at radius 3 is 2.39 bits per heavy atom. The van der Waals surface area contributed by atoms with Crippen molar-refractivity contribution in [2.45, 2.75) is 51.0 Å². The predicted octanol–water partition coefficient (Wildman–Crippen LogP) is 1.62. The smallest absolute Gasteiger partial charge is 0.233 e. The van der Waals surface area contributed by atoms with Crippen molar-refractivity contribution in [3.63, 3.8) is 0 Å². The van der Waals surface area contributed by atoms with Gasteiger partial charge in [-0.05, 0) is 31.2 Å². The number of aliphatic hydroxyl groups excluding tert-OH is 3. The van der Waals surface area contributed by atoms with Crippen LogP contribution in [0.5, 0.6) is 11.5 Å². The van der Waals surface area contributed by atoms with Gasteiger partial charge in [-0.1, -0.05) is 6.92 Å². The van der Waals surface area contributed by atoms with Crippen LogP contribution in [0.3, 0.4) is 0 Å². The number of hydrogen-bond donors (Lipinski definition) is 5. The van der Waals surface area contributed by atoms with Crippen molar-refractivity contribution in [2.24, 2.45) is 5.92 Å². The molecule has 2 aliphatic rings. The van der Waals surface area contributed by atoms with Gasteiger partial charge in [-0.3, -0.25) is 4.79 Å². The average molecular weight is 432 g/mol. The summed E-state index contributed by atoms with van der Waals surface area (Å²) >= 11 is 0. The zero-order valence-corrected chi connectivity index (χ0v) is 16.9. The van der Waals surface area contributed by atoms with Crippen molar-refractivity contribution in [1.82, 2.24) is 0 Å². The van der Waals surface area contributed by atoms with Gasteiger partial charge in [-0.2, -0.15) is 0 Å². The lowest BCUT2D eigenvalue weighted by Gasteiger charge is -2.40. The van der Waals surface area contributed by atoms with Gasteiger partial charge < -0.3 is 39.4 Å². The van der Waals surface area contributed by atoms with E-state index in [1.165, 1.54) is 30.3 Å². The monoisotopic (exact) mass is 432 g/mol. The highest BCUT2D eigenvalue weighted by atomic mass is 16.7. The first kappa shape index (κ1) is 21.4. The van der Waals surface area contributed by atoms with E-state index in [1.807, 2.05) is 0 Å². The molecule has 1 aliphatic carbocycles. The molecule has 1 fully saturated rings. The Bertz CT molecular complexity index is 1060. The molecule has 0 bridgehead atoms. The normalized spacial score (nSPS) is 30.4. The second-order valence-corrected chi connectivity index (χ2v) is 7.93. The van der Waals surface area contributed by atoms with Crippen LogP contribution in [0.15, 0.2) is 39.2 Å². The van der Waals surface area contributed by atoms with Crippen molar-refractivity contribution in [3.05, 3.63) is 51.6 Å². The summed E-state index contributed by atoms with van der Waals surface area (Å²) in [5.41, 5.74) is -0.540. The molecule has 5 N–H and O–H groups in total. The average Bonchev–Trinajstić information content (AvgIpc) is 2.73. The van der Waals surface area contributed by atoms with E-state index >= 15 is 0 Å². The van der Waals surface area contributed by atoms with Crippen molar-refractivity contribution in [3.8, 4) is 22.8 Å². The maximum Gasteiger partial charge on any atom is 0.233 e. The van der Waals surface area contributed by atoms with Crippen LogP contribution in [-0.2, 0) is 9.47 Å². The minimum absolute atomic E-state index is 0.00586. The third-order valence-corrected chi connectivity index (χ3v) is 5.83. The second-order valence-electron chi connectivity index (χ2n) is 7.93. The van der Waals surface area contributed by atoms with Crippen LogP contribution in [-0.4, -0.2) is 50.1 Å². The first-order valence-electron chi connectivity index (χ1n) is 9.93. The molecule has 9 nitrogen and oxygen atoms in total. The van der Waals surface area contributed by atoms with E-state index in [0.29, 0.717) is 5.56 Å². The van der Waals surface area contributed by atoms with Crippen LogP contribution in [0.25, 0.3) is 17.4 Å². The molecule has 2 heterocycles. The molecule has 2 aromatic rings. The minimum Gasteiger partial charge on any atom is -0.508 e. The number of ether oxygens (including phenoxy) is 2. The fourth-order valence-corrected chi connectivity index (χ4v) is 3.78.